The van der Waals surface area contributed by atoms with Crippen molar-refractivity contribution in [3.63, 3.8) is 0 Å². The van der Waals surface area contributed by atoms with Crippen molar-refractivity contribution in [1.82, 2.24) is 4.90 Å². The van der Waals surface area contributed by atoms with E-state index in [-0.39, 0.29) is 24.0 Å². The van der Waals surface area contributed by atoms with Gasteiger partial charge in [0.25, 0.3) is 0 Å². The molecular weight excluding hydrogens is 340 g/mol. The first-order valence-corrected chi connectivity index (χ1v) is 9.40. The van der Waals surface area contributed by atoms with Gasteiger partial charge in [0.1, 0.15) is 6.42 Å². The number of rotatable bonds is 4. The van der Waals surface area contributed by atoms with Crippen molar-refractivity contribution in [3.8, 4) is 0 Å². The van der Waals surface area contributed by atoms with Crippen LogP contribution < -0.4 is 5.32 Å². The first-order valence-electron chi connectivity index (χ1n) is 7.20. The highest BCUT2D eigenvalue weighted by molar-refractivity contribution is 7.91. The van der Waals surface area contributed by atoms with Crippen molar-refractivity contribution >= 4 is 38.9 Å². The zero-order chi connectivity index (χ0) is 17.2. The monoisotopic (exact) mass is 358 g/mol. The highest BCUT2D eigenvalue weighted by atomic mass is 35.5. The third-order valence-corrected chi connectivity index (χ3v) is 5.92. The number of aryl methyl sites for hydroxylation is 1. The van der Waals surface area contributed by atoms with E-state index in [0.29, 0.717) is 17.1 Å². The molecule has 0 spiro atoms. The third-order valence-electron chi connectivity index (χ3n) is 3.94. The van der Waals surface area contributed by atoms with Crippen LogP contribution in [0.15, 0.2) is 18.2 Å². The van der Waals surface area contributed by atoms with E-state index in [1.165, 1.54) is 11.9 Å². The Morgan fingerprint density at radius 2 is 2.09 bits per heavy atom. The summed E-state index contributed by atoms with van der Waals surface area (Å²) >= 11 is 5.89. The van der Waals surface area contributed by atoms with Crippen LogP contribution in [-0.4, -0.2) is 49.7 Å². The fraction of sp³-hybridized carbons (Fsp3) is 0.467. The van der Waals surface area contributed by atoms with Gasteiger partial charge in [0.2, 0.25) is 11.8 Å². The predicted molar refractivity (Wildman–Crippen MR) is 89.3 cm³/mol. The lowest BCUT2D eigenvalue weighted by Crippen LogP contribution is -2.39. The molecule has 1 aliphatic rings. The molecule has 2 rings (SSSR count). The van der Waals surface area contributed by atoms with E-state index in [1.807, 2.05) is 6.92 Å². The Morgan fingerprint density at radius 3 is 2.70 bits per heavy atom. The zero-order valence-electron chi connectivity index (χ0n) is 13.0. The standard InChI is InChI=1S/C15H19ClN2O4S/c1-10-3-4-11(16)7-13(10)17-14(19)8-15(20)18(2)12-5-6-23(21,22)9-12/h3-4,7,12H,5-6,8-9H2,1-2H3,(H,17,19). The Balaban J connectivity index is 1.94. The smallest absolute Gasteiger partial charge is 0.233 e. The van der Waals surface area contributed by atoms with Crippen molar-refractivity contribution < 1.29 is 18.0 Å². The molecule has 1 unspecified atom stereocenters. The number of amides is 2. The van der Waals surface area contributed by atoms with Crippen LogP contribution >= 0.6 is 11.6 Å². The molecule has 1 heterocycles. The van der Waals surface area contributed by atoms with E-state index >= 15 is 0 Å². The first kappa shape index (κ1) is 17.7. The van der Waals surface area contributed by atoms with Gasteiger partial charge in [0.15, 0.2) is 9.84 Å². The second-order valence-corrected chi connectivity index (χ2v) is 8.41. The fourth-order valence-electron chi connectivity index (χ4n) is 2.47. The molecule has 0 bridgehead atoms. The SMILES string of the molecule is Cc1ccc(Cl)cc1NC(=O)CC(=O)N(C)C1CCS(=O)(=O)C1. The molecule has 0 aliphatic carbocycles. The molecule has 0 aromatic heterocycles. The number of carbonyl (C=O) groups is 2. The Bertz CT molecular complexity index is 733. The summed E-state index contributed by atoms with van der Waals surface area (Å²) in [5, 5.41) is 3.15. The topological polar surface area (TPSA) is 83.6 Å². The lowest BCUT2D eigenvalue weighted by molar-refractivity contribution is -0.134. The molecule has 23 heavy (non-hydrogen) atoms. The molecule has 0 saturated carbocycles. The van der Waals surface area contributed by atoms with Crippen molar-refractivity contribution in [2.75, 3.05) is 23.9 Å². The normalized spacial score (nSPS) is 19.3. The van der Waals surface area contributed by atoms with E-state index < -0.39 is 21.7 Å². The van der Waals surface area contributed by atoms with E-state index in [9.17, 15) is 18.0 Å². The Labute approximate surface area is 140 Å². The van der Waals surface area contributed by atoms with E-state index in [2.05, 4.69) is 5.32 Å². The maximum atomic E-state index is 12.1. The lowest BCUT2D eigenvalue weighted by atomic mass is 10.2. The van der Waals surface area contributed by atoms with Gasteiger partial charge in [0, 0.05) is 23.8 Å². The number of halogens is 1. The van der Waals surface area contributed by atoms with Crippen molar-refractivity contribution in [1.29, 1.82) is 0 Å². The summed E-state index contributed by atoms with van der Waals surface area (Å²) in [6, 6.07) is 4.75. The highest BCUT2D eigenvalue weighted by Gasteiger charge is 2.33. The van der Waals surface area contributed by atoms with Gasteiger partial charge < -0.3 is 10.2 Å². The summed E-state index contributed by atoms with van der Waals surface area (Å²) < 4.78 is 22.9. The van der Waals surface area contributed by atoms with Crippen LogP contribution in [0.5, 0.6) is 0 Å². The van der Waals surface area contributed by atoms with Gasteiger partial charge in [-0.05, 0) is 31.0 Å². The number of benzene rings is 1. The summed E-state index contributed by atoms with van der Waals surface area (Å²) in [5.74, 6) is -0.801. The largest absolute Gasteiger partial charge is 0.341 e. The molecule has 6 nitrogen and oxygen atoms in total. The molecule has 1 aliphatic heterocycles. The van der Waals surface area contributed by atoms with Crippen molar-refractivity contribution in [2.45, 2.75) is 25.8 Å². The number of hydrogen-bond acceptors (Lipinski definition) is 4. The average Bonchev–Trinajstić information content (AvgIpc) is 2.82. The molecule has 1 fully saturated rings. The minimum atomic E-state index is -3.07. The highest BCUT2D eigenvalue weighted by Crippen LogP contribution is 2.21. The maximum absolute atomic E-state index is 12.1. The number of carbonyl (C=O) groups excluding carboxylic acids is 2. The number of sulfone groups is 1. The molecular formula is C15H19ClN2O4S. The molecule has 8 heteroatoms. The summed E-state index contributed by atoms with van der Waals surface area (Å²) in [4.78, 5) is 25.5. The second kappa shape index (κ2) is 6.88. The van der Waals surface area contributed by atoms with Crippen LogP contribution in [0.1, 0.15) is 18.4 Å². The van der Waals surface area contributed by atoms with Crippen LogP contribution in [0.4, 0.5) is 5.69 Å². The van der Waals surface area contributed by atoms with E-state index in [1.54, 1.807) is 18.2 Å². The molecule has 126 valence electrons. The van der Waals surface area contributed by atoms with Crippen molar-refractivity contribution in [3.05, 3.63) is 28.8 Å². The summed E-state index contributed by atoms with van der Waals surface area (Å²) in [7, 11) is -1.54. The van der Waals surface area contributed by atoms with Crippen LogP contribution in [0, 0.1) is 6.92 Å². The molecule has 1 aromatic rings. The Morgan fingerprint density at radius 1 is 1.39 bits per heavy atom. The number of nitrogens with one attached hydrogen (secondary N) is 1. The van der Waals surface area contributed by atoms with Gasteiger partial charge in [-0.2, -0.15) is 0 Å². The molecule has 1 aromatic carbocycles. The Hall–Kier alpha value is -1.60. The van der Waals surface area contributed by atoms with Gasteiger partial charge in [0.05, 0.1) is 11.5 Å². The number of hydrogen-bond donors (Lipinski definition) is 1. The first-order chi connectivity index (χ1) is 10.7. The van der Waals surface area contributed by atoms with Crippen LogP contribution in [0.2, 0.25) is 5.02 Å². The summed E-state index contributed by atoms with van der Waals surface area (Å²) in [5.41, 5.74) is 1.40. The van der Waals surface area contributed by atoms with Crippen LogP contribution in [0.3, 0.4) is 0 Å². The van der Waals surface area contributed by atoms with Crippen LogP contribution in [0.25, 0.3) is 0 Å². The third kappa shape index (κ3) is 4.68. The lowest BCUT2D eigenvalue weighted by Gasteiger charge is -2.23. The van der Waals surface area contributed by atoms with Gasteiger partial charge in [-0.25, -0.2) is 8.42 Å². The van der Waals surface area contributed by atoms with E-state index in [0.717, 1.165) is 5.56 Å². The zero-order valence-corrected chi connectivity index (χ0v) is 14.6. The van der Waals surface area contributed by atoms with Gasteiger partial charge >= 0.3 is 0 Å². The van der Waals surface area contributed by atoms with Gasteiger partial charge in [-0.3, -0.25) is 9.59 Å². The molecule has 1 atom stereocenters. The molecule has 1 saturated heterocycles. The van der Waals surface area contributed by atoms with Crippen LogP contribution in [-0.2, 0) is 19.4 Å². The quantitative estimate of drug-likeness (QED) is 0.829. The fourth-order valence-corrected chi connectivity index (χ4v) is 4.42. The minimum absolute atomic E-state index is 0.0374. The predicted octanol–water partition coefficient (Wildman–Crippen LogP) is 1.62. The summed E-state index contributed by atoms with van der Waals surface area (Å²) in [6.45, 7) is 1.82. The molecule has 1 N–H and O–H groups in total. The van der Waals surface area contributed by atoms with E-state index in [4.69, 9.17) is 11.6 Å². The number of anilines is 1. The van der Waals surface area contributed by atoms with Gasteiger partial charge in [-0.15, -0.1) is 0 Å². The minimum Gasteiger partial charge on any atom is -0.341 e. The maximum Gasteiger partial charge on any atom is 0.233 e. The summed E-state index contributed by atoms with van der Waals surface area (Å²) in [6.07, 6.45) is 0.0819. The Kier molecular flexibility index (Phi) is 5.31. The van der Waals surface area contributed by atoms with Gasteiger partial charge in [-0.1, -0.05) is 17.7 Å². The van der Waals surface area contributed by atoms with Crippen molar-refractivity contribution in [2.24, 2.45) is 0 Å². The molecule has 0 radical (unpaired) electrons. The second-order valence-electron chi connectivity index (χ2n) is 5.75. The average molecular weight is 359 g/mol. The number of nitrogens with zero attached hydrogens (tertiary/aromatic N) is 1. The molecule has 2 amide bonds.